The van der Waals surface area contributed by atoms with Crippen LogP contribution < -0.4 is 10.6 Å². The van der Waals surface area contributed by atoms with Crippen LogP contribution in [-0.4, -0.2) is 53.6 Å². The number of amides is 3. The summed E-state index contributed by atoms with van der Waals surface area (Å²) < 4.78 is 0. The Bertz CT molecular complexity index is 359. The summed E-state index contributed by atoms with van der Waals surface area (Å²) in [6.07, 6.45) is 0.876. The molecule has 1 fully saturated rings. The molecule has 0 radical (unpaired) electrons. The van der Waals surface area contributed by atoms with Crippen molar-refractivity contribution in [1.29, 1.82) is 0 Å². The maximum absolute atomic E-state index is 11.9. The largest absolute Gasteiger partial charge is 0.480 e. The van der Waals surface area contributed by atoms with E-state index in [1.54, 1.807) is 0 Å². The molecule has 2 atom stereocenters. The lowest BCUT2D eigenvalue weighted by Crippen LogP contribution is -2.48. The lowest BCUT2D eigenvalue weighted by atomic mass is 10.0. The molecule has 3 N–H and O–H groups in total. The van der Waals surface area contributed by atoms with E-state index in [0.717, 1.165) is 0 Å². The minimum absolute atomic E-state index is 0.0494. The molecule has 1 saturated heterocycles. The van der Waals surface area contributed by atoms with Gasteiger partial charge in [0.25, 0.3) is 0 Å². The van der Waals surface area contributed by atoms with Gasteiger partial charge in [-0.25, -0.2) is 9.59 Å². The standard InChI is InChI=1S/C12H21N3O4/c1-3-13-9(16)4-6-14-12(19)15-7-5-8(2)10(15)11(17)18/h8,10H,3-7H2,1-2H3,(H,13,16)(H,14,19)(H,17,18). The van der Waals surface area contributed by atoms with Crippen LogP contribution in [0.25, 0.3) is 0 Å². The van der Waals surface area contributed by atoms with Crippen LogP contribution in [-0.2, 0) is 9.59 Å². The van der Waals surface area contributed by atoms with Crippen molar-refractivity contribution in [3.8, 4) is 0 Å². The molecule has 0 bridgehead atoms. The fourth-order valence-corrected chi connectivity index (χ4v) is 2.22. The fourth-order valence-electron chi connectivity index (χ4n) is 2.22. The summed E-state index contributed by atoms with van der Waals surface area (Å²) in [6, 6.07) is -1.19. The van der Waals surface area contributed by atoms with Crippen LogP contribution >= 0.6 is 0 Å². The van der Waals surface area contributed by atoms with Gasteiger partial charge in [0.2, 0.25) is 5.91 Å². The van der Waals surface area contributed by atoms with Crippen molar-refractivity contribution in [2.45, 2.75) is 32.7 Å². The summed E-state index contributed by atoms with van der Waals surface area (Å²) in [7, 11) is 0. The topological polar surface area (TPSA) is 98.7 Å². The number of carbonyl (C=O) groups is 3. The van der Waals surface area contributed by atoms with Crippen molar-refractivity contribution < 1.29 is 19.5 Å². The number of nitrogens with one attached hydrogen (secondary N) is 2. The summed E-state index contributed by atoms with van der Waals surface area (Å²) in [5.74, 6) is -1.16. The van der Waals surface area contributed by atoms with Crippen LogP contribution in [0.4, 0.5) is 4.79 Å². The first-order chi connectivity index (χ1) is 8.97. The van der Waals surface area contributed by atoms with Gasteiger partial charge in [-0.2, -0.15) is 0 Å². The van der Waals surface area contributed by atoms with Crippen LogP contribution in [0.5, 0.6) is 0 Å². The van der Waals surface area contributed by atoms with Gasteiger partial charge in [0.15, 0.2) is 0 Å². The molecule has 0 aromatic carbocycles. The molecule has 108 valence electrons. The molecule has 3 amide bonds. The van der Waals surface area contributed by atoms with Crippen molar-refractivity contribution >= 4 is 17.9 Å². The Hall–Kier alpha value is -1.79. The lowest BCUT2D eigenvalue weighted by molar-refractivity contribution is -0.142. The van der Waals surface area contributed by atoms with Gasteiger partial charge in [0.05, 0.1) is 0 Å². The molecule has 0 saturated carbocycles. The zero-order chi connectivity index (χ0) is 14.4. The number of nitrogens with zero attached hydrogens (tertiary/aromatic N) is 1. The second-order valence-corrected chi connectivity index (χ2v) is 4.68. The minimum atomic E-state index is -0.983. The smallest absolute Gasteiger partial charge is 0.326 e. The monoisotopic (exact) mass is 271 g/mol. The third-order valence-corrected chi connectivity index (χ3v) is 3.22. The molecule has 0 aromatic rings. The Kier molecular flexibility index (Phi) is 5.59. The Labute approximate surface area is 112 Å². The third kappa shape index (κ3) is 4.11. The SMILES string of the molecule is CCNC(=O)CCNC(=O)N1CCC(C)C1C(=O)O. The predicted octanol–water partition coefficient (Wildman–Crippen LogP) is 0.0172. The number of likely N-dealkylation sites (tertiary alicyclic amines) is 1. The van der Waals surface area contributed by atoms with Crippen LogP contribution in [0, 0.1) is 5.92 Å². The van der Waals surface area contributed by atoms with Crippen molar-refractivity contribution in [1.82, 2.24) is 15.5 Å². The fraction of sp³-hybridized carbons (Fsp3) is 0.750. The molecule has 1 aliphatic heterocycles. The zero-order valence-electron chi connectivity index (χ0n) is 11.3. The molecular weight excluding hydrogens is 250 g/mol. The molecule has 0 aliphatic carbocycles. The van der Waals surface area contributed by atoms with E-state index in [9.17, 15) is 14.4 Å². The number of carbonyl (C=O) groups excluding carboxylic acids is 2. The molecule has 0 spiro atoms. The Morgan fingerprint density at radius 3 is 2.58 bits per heavy atom. The minimum Gasteiger partial charge on any atom is -0.480 e. The molecule has 1 aliphatic rings. The number of hydrogen-bond acceptors (Lipinski definition) is 3. The van der Waals surface area contributed by atoms with Gasteiger partial charge < -0.3 is 20.6 Å². The molecule has 1 rings (SSSR count). The van der Waals surface area contributed by atoms with Gasteiger partial charge in [0.1, 0.15) is 6.04 Å². The Morgan fingerprint density at radius 1 is 1.32 bits per heavy atom. The van der Waals surface area contributed by atoms with E-state index in [1.165, 1.54) is 4.90 Å². The second-order valence-electron chi connectivity index (χ2n) is 4.68. The summed E-state index contributed by atoms with van der Waals surface area (Å²) >= 11 is 0. The van der Waals surface area contributed by atoms with Crippen LogP contribution in [0.1, 0.15) is 26.7 Å². The van der Waals surface area contributed by atoms with Crippen LogP contribution in [0.15, 0.2) is 0 Å². The van der Waals surface area contributed by atoms with Crippen molar-refractivity contribution in [3.63, 3.8) is 0 Å². The Morgan fingerprint density at radius 2 is 2.00 bits per heavy atom. The molecule has 7 heteroatoms. The molecule has 1 heterocycles. The molecule has 7 nitrogen and oxygen atoms in total. The molecule has 0 aromatic heterocycles. The maximum Gasteiger partial charge on any atom is 0.326 e. The van der Waals surface area contributed by atoms with E-state index in [-0.39, 0.29) is 24.8 Å². The second kappa shape index (κ2) is 6.96. The van der Waals surface area contributed by atoms with Gasteiger partial charge in [-0.15, -0.1) is 0 Å². The van der Waals surface area contributed by atoms with Gasteiger partial charge >= 0.3 is 12.0 Å². The molecule has 19 heavy (non-hydrogen) atoms. The zero-order valence-corrected chi connectivity index (χ0v) is 11.3. The summed E-state index contributed by atoms with van der Waals surface area (Å²) in [5.41, 5.74) is 0. The summed E-state index contributed by atoms with van der Waals surface area (Å²) in [4.78, 5) is 35.5. The molecule has 2 unspecified atom stereocenters. The average molecular weight is 271 g/mol. The number of carboxylic acid groups (broad SMARTS) is 1. The van der Waals surface area contributed by atoms with Crippen molar-refractivity contribution in [3.05, 3.63) is 0 Å². The lowest BCUT2D eigenvalue weighted by Gasteiger charge is -2.23. The van der Waals surface area contributed by atoms with E-state index in [4.69, 9.17) is 5.11 Å². The number of hydrogen-bond donors (Lipinski definition) is 3. The number of rotatable bonds is 5. The van der Waals surface area contributed by atoms with Gasteiger partial charge in [0, 0.05) is 26.1 Å². The number of carboxylic acids is 1. The Balaban J connectivity index is 2.41. The first-order valence-corrected chi connectivity index (χ1v) is 6.51. The summed E-state index contributed by atoms with van der Waals surface area (Å²) in [6.45, 7) is 4.84. The van der Waals surface area contributed by atoms with Crippen LogP contribution in [0.3, 0.4) is 0 Å². The van der Waals surface area contributed by atoms with Gasteiger partial charge in [-0.1, -0.05) is 6.92 Å². The average Bonchev–Trinajstić information content (AvgIpc) is 2.71. The number of aliphatic carboxylic acids is 1. The van der Waals surface area contributed by atoms with Crippen LogP contribution in [0.2, 0.25) is 0 Å². The van der Waals surface area contributed by atoms with E-state index in [2.05, 4.69) is 10.6 Å². The van der Waals surface area contributed by atoms with Gasteiger partial charge in [-0.05, 0) is 19.3 Å². The van der Waals surface area contributed by atoms with E-state index < -0.39 is 18.0 Å². The highest BCUT2D eigenvalue weighted by molar-refractivity contribution is 5.84. The van der Waals surface area contributed by atoms with E-state index >= 15 is 0 Å². The number of urea groups is 1. The summed E-state index contributed by atoms with van der Waals surface area (Å²) in [5, 5.41) is 14.3. The highest BCUT2D eigenvalue weighted by Gasteiger charge is 2.39. The molecular formula is C12H21N3O4. The van der Waals surface area contributed by atoms with Crippen molar-refractivity contribution in [2.24, 2.45) is 5.92 Å². The van der Waals surface area contributed by atoms with Gasteiger partial charge in [-0.3, -0.25) is 4.79 Å². The highest BCUT2D eigenvalue weighted by Crippen LogP contribution is 2.23. The van der Waals surface area contributed by atoms with E-state index in [1.807, 2.05) is 13.8 Å². The highest BCUT2D eigenvalue weighted by atomic mass is 16.4. The first-order valence-electron chi connectivity index (χ1n) is 6.51. The quantitative estimate of drug-likeness (QED) is 0.656. The first kappa shape index (κ1) is 15.3. The van der Waals surface area contributed by atoms with Crippen molar-refractivity contribution in [2.75, 3.05) is 19.6 Å². The predicted molar refractivity (Wildman–Crippen MR) is 68.6 cm³/mol. The maximum atomic E-state index is 11.9. The third-order valence-electron chi connectivity index (χ3n) is 3.22. The normalized spacial score (nSPS) is 22.1. The van der Waals surface area contributed by atoms with E-state index in [0.29, 0.717) is 19.5 Å².